The van der Waals surface area contributed by atoms with Crippen LogP contribution in [0, 0.1) is 5.41 Å². The lowest BCUT2D eigenvalue weighted by atomic mass is 9.88. The Morgan fingerprint density at radius 2 is 1.86 bits per heavy atom. The monoisotopic (exact) mass is 342 g/mol. The zero-order chi connectivity index (χ0) is 16.3. The van der Waals surface area contributed by atoms with E-state index in [0.717, 1.165) is 0 Å². The van der Waals surface area contributed by atoms with E-state index in [1.54, 1.807) is 25.1 Å². The maximum Gasteiger partial charge on any atom is 0.154 e. The second kappa shape index (κ2) is 6.75. The number of halogens is 2. The van der Waals surface area contributed by atoms with Crippen LogP contribution in [0.4, 0.5) is 5.82 Å². The molecule has 0 unspecified atom stereocenters. The lowest BCUT2D eigenvalue weighted by Crippen LogP contribution is -2.29. The fourth-order valence-corrected chi connectivity index (χ4v) is 2.26. The first-order valence-electron chi connectivity index (χ1n) is 6.55. The summed E-state index contributed by atoms with van der Waals surface area (Å²) in [5.41, 5.74) is 6.09. The maximum atomic E-state index is 9.32. The van der Waals surface area contributed by atoms with E-state index in [1.165, 1.54) is 0 Å². The Bertz CT molecular complexity index is 678. The van der Waals surface area contributed by atoms with Gasteiger partial charge in [0.2, 0.25) is 0 Å². The normalized spacial score (nSPS) is 11.7. The van der Waals surface area contributed by atoms with E-state index >= 15 is 0 Å². The molecule has 8 heteroatoms. The Labute approximate surface area is 137 Å². The number of nitrogens with two attached hydrogens (primary N) is 1. The molecular weight excluding hydrogens is 327 g/mol. The van der Waals surface area contributed by atoms with Crippen molar-refractivity contribution in [2.45, 2.75) is 13.3 Å². The molecule has 0 aliphatic heterocycles. The molecule has 1 aromatic heterocycles. The largest absolute Gasteiger partial charge is 0.396 e. The van der Waals surface area contributed by atoms with Gasteiger partial charge < -0.3 is 15.9 Å². The summed E-state index contributed by atoms with van der Waals surface area (Å²) in [7, 11) is 0. The Morgan fingerprint density at radius 1 is 1.18 bits per heavy atom. The topological polar surface area (TPSA) is 105 Å². The summed E-state index contributed by atoms with van der Waals surface area (Å²) in [5, 5.41) is 27.4. The first-order chi connectivity index (χ1) is 10.4. The van der Waals surface area contributed by atoms with Gasteiger partial charge in [-0.05, 0) is 6.07 Å². The molecule has 1 aromatic carbocycles. The zero-order valence-electron chi connectivity index (χ0n) is 11.9. The van der Waals surface area contributed by atoms with Gasteiger partial charge in [-0.3, -0.25) is 0 Å². The fraction of sp³-hybridized carbons (Fsp3) is 0.357. The van der Waals surface area contributed by atoms with Gasteiger partial charge in [0.05, 0.1) is 23.3 Å². The molecule has 0 radical (unpaired) electrons. The third-order valence-electron chi connectivity index (χ3n) is 3.31. The molecule has 0 bridgehead atoms. The van der Waals surface area contributed by atoms with Gasteiger partial charge in [0.25, 0.3) is 0 Å². The summed E-state index contributed by atoms with van der Waals surface area (Å²) >= 11 is 12.1. The van der Waals surface area contributed by atoms with E-state index in [9.17, 15) is 10.2 Å². The van der Waals surface area contributed by atoms with Crippen LogP contribution in [0.5, 0.6) is 0 Å². The van der Waals surface area contributed by atoms with Gasteiger partial charge in [0, 0.05) is 17.4 Å². The molecule has 118 valence electrons. The van der Waals surface area contributed by atoms with Crippen LogP contribution in [0.3, 0.4) is 0 Å². The van der Waals surface area contributed by atoms with Gasteiger partial charge >= 0.3 is 0 Å². The molecule has 0 fully saturated rings. The molecule has 2 aromatic rings. The van der Waals surface area contributed by atoms with Crippen LogP contribution in [0.1, 0.15) is 12.7 Å². The van der Waals surface area contributed by atoms with E-state index in [2.05, 4.69) is 15.2 Å². The second-order valence-corrected chi connectivity index (χ2v) is 6.15. The van der Waals surface area contributed by atoms with Gasteiger partial charge in [0.15, 0.2) is 11.6 Å². The molecule has 1 heterocycles. The van der Waals surface area contributed by atoms with Crippen molar-refractivity contribution in [3.05, 3.63) is 34.1 Å². The van der Waals surface area contributed by atoms with Crippen LogP contribution in [0.15, 0.2) is 18.2 Å². The highest BCUT2D eigenvalue weighted by Gasteiger charge is 2.25. The lowest BCUT2D eigenvalue weighted by Gasteiger charge is -2.23. The summed E-state index contributed by atoms with van der Waals surface area (Å²) in [6, 6.07) is 5.11. The highest BCUT2D eigenvalue weighted by atomic mass is 35.5. The van der Waals surface area contributed by atoms with Crippen molar-refractivity contribution in [3.63, 3.8) is 0 Å². The first kappa shape index (κ1) is 16.9. The molecule has 4 N–H and O–H groups in total. The second-order valence-electron chi connectivity index (χ2n) is 5.37. The third-order valence-corrected chi connectivity index (χ3v) is 4.13. The number of aliphatic hydroxyl groups excluding tert-OH is 2. The van der Waals surface area contributed by atoms with E-state index in [4.69, 9.17) is 28.9 Å². The van der Waals surface area contributed by atoms with Gasteiger partial charge in [-0.25, -0.2) is 4.98 Å². The van der Waals surface area contributed by atoms with Crippen molar-refractivity contribution in [3.8, 4) is 11.3 Å². The molecule has 0 aliphatic rings. The van der Waals surface area contributed by atoms with E-state index in [0.29, 0.717) is 27.1 Å². The molecule has 6 nitrogen and oxygen atoms in total. The van der Waals surface area contributed by atoms with Gasteiger partial charge in [-0.2, -0.15) is 0 Å². The van der Waals surface area contributed by atoms with E-state index in [-0.39, 0.29) is 25.5 Å². The van der Waals surface area contributed by atoms with Gasteiger partial charge in [0.1, 0.15) is 5.69 Å². The number of hydrogen-bond acceptors (Lipinski definition) is 6. The number of nitrogen functional groups attached to an aromatic ring is 1. The number of benzene rings is 1. The summed E-state index contributed by atoms with van der Waals surface area (Å²) < 4.78 is 0. The minimum atomic E-state index is -0.733. The number of nitrogens with zero attached hydrogens (tertiary/aromatic N) is 3. The first-order valence-corrected chi connectivity index (χ1v) is 7.31. The smallest absolute Gasteiger partial charge is 0.154 e. The minimum Gasteiger partial charge on any atom is -0.396 e. The molecule has 0 saturated heterocycles. The fourth-order valence-electron chi connectivity index (χ4n) is 1.87. The van der Waals surface area contributed by atoms with Gasteiger partial charge in [-0.15, -0.1) is 10.2 Å². The molecule has 2 rings (SSSR count). The van der Waals surface area contributed by atoms with Crippen LogP contribution < -0.4 is 5.73 Å². The zero-order valence-corrected chi connectivity index (χ0v) is 13.4. The van der Waals surface area contributed by atoms with Crippen LogP contribution in [-0.2, 0) is 6.42 Å². The molecule has 0 atom stereocenters. The SMILES string of the molecule is CC(CO)(CO)Cc1nnc(-c2cccc(Cl)c2Cl)c(N)n1. The number of aromatic nitrogens is 3. The maximum absolute atomic E-state index is 9.32. The summed E-state index contributed by atoms with van der Waals surface area (Å²) in [6.45, 7) is 1.32. The van der Waals surface area contributed by atoms with Crippen molar-refractivity contribution in [2.75, 3.05) is 18.9 Å². The Morgan fingerprint density at radius 3 is 2.45 bits per heavy atom. The molecule has 0 amide bonds. The van der Waals surface area contributed by atoms with Crippen LogP contribution in [0.25, 0.3) is 11.3 Å². The Balaban J connectivity index is 2.36. The molecule has 0 saturated carbocycles. The standard InChI is InChI=1S/C14H16Cl2N4O2/c1-14(6-21,7-22)5-10-18-13(17)12(20-19-10)8-3-2-4-9(15)11(8)16/h2-4,21-22H,5-7H2,1H3,(H2,17,18,19). The highest BCUT2D eigenvalue weighted by Crippen LogP contribution is 2.34. The lowest BCUT2D eigenvalue weighted by molar-refractivity contribution is 0.0685. The Kier molecular flexibility index (Phi) is 5.18. The molecular formula is C14H16Cl2N4O2. The van der Waals surface area contributed by atoms with Crippen LogP contribution in [0.2, 0.25) is 10.0 Å². The van der Waals surface area contributed by atoms with Crippen molar-refractivity contribution < 1.29 is 10.2 Å². The molecule has 0 aliphatic carbocycles. The van der Waals surface area contributed by atoms with E-state index < -0.39 is 5.41 Å². The predicted octanol–water partition coefficient (Wildman–Crippen LogP) is 1.96. The summed E-state index contributed by atoms with van der Waals surface area (Å²) in [5.74, 6) is 0.498. The highest BCUT2D eigenvalue weighted by molar-refractivity contribution is 6.43. The van der Waals surface area contributed by atoms with E-state index in [1.807, 2.05) is 0 Å². The van der Waals surface area contributed by atoms with Crippen molar-refractivity contribution in [2.24, 2.45) is 5.41 Å². The average molecular weight is 343 g/mol. The quantitative estimate of drug-likeness (QED) is 0.766. The minimum absolute atomic E-state index is 0.160. The number of hydrogen-bond donors (Lipinski definition) is 3. The van der Waals surface area contributed by atoms with Crippen LogP contribution >= 0.6 is 23.2 Å². The van der Waals surface area contributed by atoms with Crippen molar-refractivity contribution in [1.82, 2.24) is 15.2 Å². The summed E-state index contributed by atoms with van der Waals surface area (Å²) in [6.07, 6.45) is 0.251. The third kappa shape index (κ3) is 3.47. The molecule has 22 heavy (non-hydrogen) atoms. The number of anilines is 1. The number of rotatable bonds is 5. The predicted molar refractivity (Wildman–Crippen MR) is 85.7 cm³/mol. The van der Waals surface area contributed by atoms with Gasteiger partial charge in [-0.1, -0.05) is 42.3 Å². The van der Waals surface area contributed by atoms with Crippen LogP contribution in [-0.4, -0.2) is 38.6 Å². The average Bonchev–Trinajstić information content (AvgIpc) is 2.50. The van der Waals surface area contributed by atoms with Crippen molar-refractivity contribution in [1.29, 1.82) is 0 Å². The summed E-state index contributed by atoms with van der Waals surface area (Å²) in [4.78, 5) is 4.18. The Hall–Kier alpha value is -1.47. The number of aliphatic hydroxyl groups is 2. The molecule has 0 spiro atoms. The van der Waals surface area contributed by atoms with Crippen molar-refractivity contribution >= 4 is 29.0 Å².